The first-order valence-corrected chi connectivity index (χ1v) is 8.01. The van der Waals surface area contributed by atoms with Crippen LogP contribution < -0.4 is 0 Å². The lowest BCUT2D eigenvalue weighted by molar-refractivity contribution is -0.142. The van der Waals surface area contributed by atoms with Gasteiger partial charge < -0.3 is 14.2 Å². The molecule has 0 aliphatic carbocycles. The average Bonchev–Trinajstić information content (AvgIpc) is 2.80. The van der Waals surface area contributed by atoms with Crippen molar-refractivity contribution >= 4 is 16.9 Å². The Labute approximate surface area is 106 Å². The van der Waals surface area contributed by atoms with E-state index in [1.807, 2.05) is 6.92 Å². The minimum atomic E-state index is -0.0661. The van der Waals surface area contributed by atoms with Gasteiger partial charge in [0, 0.05) is 6.61 Å². The van der Waals surface area contributed by atoms with Gasteiger partial charge in [-0.1, -0.05) is 0 Å². The molecule has 0 bridgehead atoms. The number of carbonyl (C=O) groups is 1. The lowest BCUT2D eigenvalue weighted by Gasteiger charge is -2.06. The topological polar surface area (TPSA) is 44.8 Å². The molecule has 0 spiro atoms. The summed E-state index contributed by atoms with van der Waals surface area (Å²) in [7, 11) is 0.296. The van der Waals surface area contributed by atoms with Crippen molar-refractivity contribution in [3.63, 3.8) is 0 Å². The van der Waals surface area contributed by atoms with E-state index in [-0.39, 0.29) is 5.97 Å². The fourth-order valence-electron chi connectivity index (χ4n) is 1.65. The fourth-order valence-corrected chi connectivity index (χ4v) is 3.78. The van der Waals surface area contributed by atoms with Crippen LogP contribution in [0.5, 0.6) is 0 Å². The van der Waals surface area contributed by atoms with Crippen LogP contribution in [0.4, 0.5) is 0 Å². The van der Waals surface area contributed by atoms with E-state index in [1.165, 1.54) is 24.3 Å². The molecule has 0 unspecified atom stereocenters. The highest BCUT2D eigenvalue weighted by Gasteiger charge is 2.27. The summed E-state index contributed by atoms with van der Waals surface area (Å²) in [5, 5.41) is 0. The van der Waals surface area contributed by atoms with Gasteiger partial charge in [0.05, 0.1) is 19.8 Å². The first-order chi connectivity index (χ1) is 8.33. The maximum absolute atomic E-state index is 11.4. The number of carbonyl (C=O) groups excluding carboxylic acids is 1. The van der Waals surface area contributed by atoms with Gasteiger partial charge in [0.15, 0.2) is 0 Å². The van der Waals surface area contributed by atoms with Crippen molar-refractivity contribution in [2.75, 3.05) is 50.3 Å². The van der Waals surface area contributed by atoms with E-state index < -0.39 is 0 Å². The molecule has 0 saturated carbocycles. The SMILES string of the molecule is CCOCCOCCOC(=O)C[S+]1CCCC1. The molecule has 0 aromatic rings. The van der Waals surface area contributed by atoms with Crippen LogP contribution in [-0.2, 0) is 29.9 Å². The van der Waals surface area contributed by atoms with Crippen molar-refractivity contribution in [2.24, 2.45) is 0 Å². The van der Waals surface area contributed by atoms with Gasteiger partial charge in [-0.25, -0.2) is 4.79 Å². The lowest BCUT2D eigenvalue weighted by Crippen LogP contribution is -2.21. The maximum atomic E-state index is 11.4. The third kappa shape index (κ3) is 7.63. The van der Waals surface area contributed by atoms with Gasteiger partial charge in [0.25, 0.3) is 0 Å². The first-order valence-electron chi connectivity index (χ1n) is 6.28. The van der Waals surface area contributed by atoms with Gasteiger partial charge >= 0.3 is 5.97 Å². The summed E-state index contributed by atoms with van der Waals surface area (Å²) >= 11 is 0. The molecule has 17 heavy (non-hydrogen) atoms. The van der Waals surface area contributed by atoms with Crippen LogP contribution in [0.15, 0.2) is 0 Å². The van der Waals surface area contributed by atoms with Crippen molar-refractivity contribution in [3.05, 3.63) is 0 Å². The monoisotopic (exact) mass is 263 g/mol. The normalized spacial score (nSPS) is 16.3. The summed E-state index contributed by atoms with van der Waals surface area (Å²) in [6.07, 6.45) is 2.55. The third-order valence-corrected chi connectivity index (χ3v) is 4.88. The van der Waals surface area contributed by atoms with Gasteiger partial charge in [-0.05, 0) is 30.7 Å². The second-order valence-corrected chi connectivity index (χ2v) is 6.23. The molecular formula is C12H23O4S+. The van der Waals surface area contributed by atoms with E-state index in [4.69, 9.17) is 14.2 Å². The van der Waals surface area contributed by atoms with E-state index in [0.717, 1.165) is 0 Å². The molecule has 4 nitrogen and oxygen atoms in total. The number of esters is 1. The van der Waals surface area contributed by atoms with Crippen molar-refractivity contribution in [2.45, 2.75) is 19.8 Å². The zero-order valence-electron chi connectivity index (χ0n) is 10.6. The second kappa shape index (κ2) is 9.74. The van der Waals surface area contributed by atoms with Crippen molar-refractivity contribution < 1.29 is 19.0 Å². The lowest BCUT2D eigenvalue weighted by atomic mass is 10.4. The van der Waals surface area contributed by atoms with Gasteiger partial charge in [-0.15, -0.1) is 0 Å². The van der Waals surface area contributed by atoms with Gasteiger partial charge in [0.2, 0.25) is 5.75 Å². The summed E-state index contributed by atoms with van der Waals surface area (Å²) in [5.41, 5.74) is 0. The highest BCUT2D eigenvalue weighted by Crippen LogP contribution is 2.13. The van der Waals surface area contributed by atoms with E-state index in [9.17, 15) is 4.79 Å². The van der Waals surface area contributed by atoms with Gasteiger partial charge in [-0.3, -0.25) is 0 Å². The van der Waals surface area contributed by atoms with Crippen molar-refractivity contribution in [1.29, 1.82) is 0 Å². The highest BCUT2D eigenvalue weighted by atomic mass is 32.2. The second-order valence-electron chi connectivity index (χ2n) is 3.90. The van der Waals surface area contributed by atoms with Crippen LogP contribution in [-0.4, -0.2) is 56.3 Å². The Bertz CT molecular complexity index is 205. The molecule has 1 fully saturated rings. The van der Waals surface area contributed by atoms with Crippen LogP contribution in [0.2, 0.25) is 0 Å². The zero-order chi connectivity index (χ0) is 12.3. The quantitative estimate of drug-likeness (QED) is 0.353. The molecule has 1 aliphatic rings. The molecule has 5 heteroatoms. The van der Waals surface area contributed by atoms with Gasteiger partial charge in [-0.2, -0.15) is 0 Å². The van der Waals surface area contributed by atoms with Crippen LogP contribution in [0.25, 0.3) is 0 Å². The summed E-state index contributed by atoms with van der Waals surface area (Å²) in [6.45, 7) is 4.66. The van der Waals surface area contributed by atoms with Crippen LogP contribution in [0, 0.1) is 0 Å². The molecule has 0 amide bonds. The number of hydrogen-bond acceptors (Lipinski definition) is 4. The Morgan fingerprint density at radius 2 is 1.71 bits per heavy atom. The number of rotatable bonds is 9. The number of ether oxygens (including phenoxy) is 3. The Balaban J connectivity index is 1.86. The van der Waals surface area contributed by atoms with Crippen molar-refractivity contribution in [3.8, 4) is 0 Å². The van der Waals surface area contributed by atoms with E-state index in [1.54, 1.807) is 0 Å². The molecular weight excluding hydrogens is 240 g/mol. The fraction of sp³-hybridized carbons (Fsp3) is 0.917. The Morgan fingerprint density at radius 3 is 2.41 bits per heavy atom. The van der Waals surface area contributed by atoms with E-state index in [2.05, 4.69) is 0 Å². The van der Waals surface area contributed by atoms with E-state index in [0.29, 0.717) is 49.7 Å². The highest BCUT2D eigenvalue weighted by molar-refractivity contribution is 7.97. The molecule has 1 aliphatic heterocycles. The van der Waals surface area contributed by atoms with Crippen LogP contribution in [0.3, 0.4) is 0 Å². The largest absolute Gasteiger partial charge is 0.460 e. The van der Waals surface area contributed by atoms with Crippen LogP contribution in [0.1, 0.15) is 19.8 Å². The molecule has 1 rings (SSSR count). The molecule has 0 atom stereocenters. The molecule has 0 aromatic carbocycles. The minimum Gasteiger partial charge on any atom is -0.460 e. The van der Waals surface area contributed by atoms with Gasteiger partial charge in [0.1, 0.15) is 18.1 Å². The Kier molecular flexibility index (Phi) is 8.48. The predicted molar refractivity (Wildman–Crippen MR) is 69.5 cm³/mol. The molecule has 0 aromatic heterocycles. The van der Waals surface area contributed by atoms with Crippen molar-refractivity contribution in [1.82, 2.24) is 0 Å². The predicted octanol–water partition coefficient (Wildman–Crippen LogP) is 0.995. The molecule has 0 radical (unpaired) electrons. The molecule has 1 saturated heterocycles. The minimum absolute atomic E-state index is 0.0661. The number of hydrogen-bond donors (Lipinski definition) is 0. The maximum Gasteiger partial charge on any atom is 0.356 e. The first kappa shape index (κ1) is 14.8. The summed E-state index contributed by atoms with van der Waals surface area (Å²) in [4.78, 5) is 11.4. The summed E-state index contributed by atoms with van der Waals surface area (Å²) in [5.74, 6) is 2.96. The summed E-state index contributed by atoms with van der Waals surface area (Å²) < 4.78 is 15.5. The average molecular weight is 263 g/mol. The molecule has 1 heterocycles. The molecule has 0 N–H and O–H groups in total. The standard InChI is InChI=1S/C12H23O4S/c1-2-14-5-6-15-7-8-16-12(13)11-17-9-3-4-10-17/h2-11H2,1H3/q+1. The molecule has 100 valence electrons. The zero-order valence-corrected chi connectivity index (χ0v) is 11.4. The van der Waals surface area contributed by atoms with E-state index >= 15 is 0 Å². The Hall–Kier alpha value is -0.260. The third-order valence-electron chi connectivity index (χ3n) is 2.50. The smallest absolute Gasteiger partial charge is 0.356 e. The Morgan fingerprint density at radius 1 is 1.06 bits per heavy atom. The summed E-state index contributed by atoms with van der Waals surface area (Å²) in [6, 6.07) is 0. The van der Waals surface area contributed by atoms with Crippen LogP contribution >= 0.6 is 0 Å².